The van der Waals surface area contributed by atoms with Gasteiger partial charge in [-0.3, -0.25) is 4.79 Å². The molecule has 0 N–H and O–H groups in total. The third-order valence-electron chi connectivity index (χ3n) is 2.28. The van der Waals surface area contributed by atoms with E-state index in [1.54, 1.807) is 19.9 Å². The van der Waals surface area contributed by atoms with Gasteiger partial charge in [0.05, 0.1) is 18.2 Å². The first-order valence-corrected chi connectivity index (χ1v) is 6.03. The molecule has 0 bridgehead atoms. The van der Waals surface area contributed by atoms with Crippen LogP contribution < -0.4 is 4.74 Å². The van der Waals surface area contributed by atoms with Crippen molar-refractivity contribution >= 4 is 23.4 Å². The van der Waals surface area contributed by atoms with E-state index in [9.17, 15) is 9.59 Å². The van der Waals surface area contributed by atoms with E-state index in [0.717, 1.165) is 0 Å². The summed E-state index contributed by atoms with van der Waals surface area (Å²) in [6, 6.07) is 3.07. The van der Waals surface area contributed by atoms with Crippen LogP contribution in [0.15, 0.2) is 12.1 Å². The first-order valence-electron chi connectivity index (χ1n) is 5.65. The number of carbonyl (C=O) groups excluding carboxylic acids is 2. The quantitative estimate of drug-likeness (QED) is 0.469. The molecule has 0 aliphatic rings. The number of hydrogen-bond acceptors (Lipinski definition) is 4. The summed E-state index contributed by atoms with van der Waals surface area (Å²) < 4.78 is 9.97. The maximum atomic E-state index is 11.8. The van der Waals surface area contributed by atoms with Gasteiger partial charge in [-0.15, -0.1) is 0 Å². The van der Waals surface area contributed by atoms with Crippen LogP contribution in [0.5, 0.6) is 5.75 Å². The number of benzene rings is 1. The van der Waals surface area contributed by atoms with Crippen molar-refractivity contribution in [2.24, 2.45) is 0 Å². The zero-order valence-electron chi connectivity index (χ0n) is 10.6. The van der Waals surface area contributed by atoms with Crippen LogP contribution in [0.1, 0.15) is 29.8 Å². The lowest BCUT2D eigenvalue weighted by atomic mass is 10.0. The summed E-state index contributed by atoms with van der Waals surface area (Å²) in [5.41, 5.74) is 0.864. The number of halogens is 1. The van der Waals surface area contributed by atoms with E-state index in [4.69, 9.17) is 16.3 Å². The first-order chi connectivity index (χ1) is 8.51. The maximum Gasteiger partial charge on any atom is 0.379 e. The Morgan fingerprint density at radius 1 is 1.22 bits per heavy atom. The fraction of sp³-hybridized carbons (Fsp3) is 0.385. The molecule has 0 aromatic heterocycles. The number of Topliss-reactive ketones (excluding diaryl/α,β-unsaturated/α-hetero) is 1. The van der Waals surface area contributed by atoms with Crippen molar-refractivity contribution in [3.05, 3.63) is 28.3 Å². The smallest absolute Gasteiger partial charge is 0.379 e. The third kappa shape index (κ3) is 3.23. The van der Waals surface area contributed by atoms with Crippen molar-refractivity contribution in [3.8, 4) is 5.75 Å². The third-order valence-corrected chi connectivity index (χ3v) is 2.58. The first kappa shape index (κ1) is 14.5. The van der Waals surface area contributed by atoms with Crippen molar-refractivity contribution < 1.29 is 19.1 Å². The second kappa shape index (κ2) is 6.40. The average Bonchev–Trinajstić information content (AvgIpc) is 2.33. The van der Waals surface area contributed by atoms with Crippen molar-refractivity contribution in [1.29, 1.82) is 0 Å². The van der Waals surface area contributed by atoms with Crippen molar-refractivity contribution in [2.75, 3.05) is 13.2 Å². The Kier molecular flexibility index (Phi) is 5.16. The van der Waals surface area contributed by atoms with Gasteiger partial charge >= 0.3 is 5.97 Å². The number of hydrogen-bond donors (Lipinski definition) is 0. The van der Waals surface area contributed by atoms with Crippen LogP contribution in [0.4, 0.5) is 0 Å². The molecule has 0 amide bonds. The highest BCUT2D eigenvalue weighted by Gasteiger charge is 2.21. The van der Waals surface area contributed by atoms with Gasteiger partial charge in [0.25, 0.3) is 5.78 Å². The number of carbonyl (C=O) groups is 2. The summed E-state index contributed by atoms with van der Waals surface area (Å²) >= 11 is 5.98. The minimum Gasteiger partial charge on any atom is -0.492 e. The molecule has 0 heterocycles. The molecular formula is C13H15ClO4. The van der Waals surface area contributed by atoms with Gasteiger partial charge in [-0.1, -0.05) is 11.6 Å². The van der Waals surface area contributed by atoms with E-state index < -0.39 is 11.8 Å². The molecule has 18 heavy (non-hydrogen) atoms. The summed E-state index contributed by atoms with van der Waals surface area (Å²) in [6.45, 7) is 5.83. The summed E-state index contributed by atoms with van der Waals surface area (Å²) in [4.78, 5) is 23.2. The maximum absolute atomic E-state index is 11.8. The Labute approximate surface area is 111 Å². The van der Waals surface area contributed by atoms with E-state index in [1.807, 2.05) is 6.92 Å². The number of rotatable bonds is 5. The molecule has 1 aromatic carbocycles. The molecule has 1 rings (SSSR count). The standard InChI is InChI=1S/C13H15ClO4/c1-4-17-11-6-8(3)9(7-10(11)14)12(15)13(16)18-5-2/h6-7H,4-5H2,1-3H3. The van der Waals surface area contributed by atoms with Crippen molar-refractivity contribution in [3.63, 3.8) is 0 Å². The fourth-order valence-corrected chi connectivity index (χ4v) is 1.69. The number of ketones is 1. The molecule has 0 aliphatic heterocycles. The molecule has 98 valence electrons. The van der Waals surface area contributed by atoms with Crippen LogP contribution in [-0.2, 0) is 9.53 Å². The van der Waals surface area contributed by atoms with Crippen LogP contribution in [0.3, 0.4) is 0 Å². The second-order valence-electron chi connectivity index (χ2n) is 3.58. The van der Waals surface area contributed by atoms with E-state index in [1.165, 1.54) is 6.07 Å². The van der Waals surface area contributed by atoms with Crippen LogP contribution in [-0.4, -0.2) is 25.0 Å². The highest BCUT2D eigenvalue weighted by atomic mass is 35.5. The predicted octanol–water partition coefficient (Wildman–Crippen LogP) is 2.79. The molecule has 0 aliphatic carbocycles. The molecule has 0 radical (unpaired) electrons. The van der Waals surface area contributed by atoms with Gasteiger partial charge < -0.3 is 9.47 Å². The molecule has 5 heteroatoms. The number of aryl methyl sites for hydroxylation is 1. The van der Waals surface area contributed by atoms with Gasteiger partial charge in [-0.05, 0) is 38.5 Å². The minimum absolute atomic E-state index is 0.161. The molecule has 0 spiro atoms. The largest absolute Gasteiger partial charge is 0.492 e. The van der Waals surface area contributed by atoms with Gasteiger partial charge in [0, 0.05) is 5.56 Å². The SMILES string of the molecule is CCOC(=O)C(=O)c1cc(Cl)c(OCC)cc1C. The summed E-state index contributed by atoms with van der Waals surface area (Å²) in [7, 11) is 0. The minimum atomic E-state index is -0.874. The Balaban J connectivity index is 3.07. The number of ether oxygens (including phenoxy) is 2. The molecule has 0 fully saturated rings. The summed E-state index contributed by atoms with van der Waals surface area (Å²) in [6.07, 6.45) is 0. The Bertz CT molecular complexity index is 468. The lowest BCUT2D eigenvalue weighted by Crippen LogP contribution is -2.18. The zero-order chi connectivity index (χ0) is 13.7. The van der Waals surface area contributed by atoms with Crippen LogP contribution in [0.25, 0.3) is 0 Å². The molecule has 0 saturated carbocycles. The summed E-state index contributed by atoms with van der Waals surface area (Å²) in [5, 5.41) is 0.301. The Morgan fingerprint density at radius 2 is 1.89 bits per heavy atom. The normalized spacial score (nSPS) is 10.0. The monoisotopic (exact) mass is 270 g/mol. The van der Waals surface area contributed by atoms with E-state index >= 15 is 0 Å². The molecule has 0 atom stereocenters. The molecule has 1 aromatic rings. The van der Waals surface area contributed by atoms with Crippen LogP contribution in [0.2, 0.25) is 5.02 Å². The average molecular weight is 271 g/mol. The Morgan fingerprint density at radius 3 is 2.44 bits per heavy atom. The number of esters is 1. The lowest BCUT2D eigenvalue weighted by Gasteiger charge is -2.10. The van der Waals surface area contributed by atoms with Gasteiger partial charge in [-0.25, -0.2) is 4.79 Å². The molecular weight excluding hydrogens is 256 g/mol. The van der Waals surface area contributed by atoms with Gasteiger partial charge in [-0.2, -0.15) is 0 Å². The van der Waals surface area contributed by atoms with Gasteiger partial charge in [0.2, 0.25) is 0 Å². The molecule has 0 saturated heterocycles. The predicted molar refractivity (Wildman–Crippen MR) is 68.3 cm³/mol. The molecule has 4 nitrogen and oxygen atoms in total. The van der Waals surface area contributed by atoms with E-state index in [0.29, 0.717) is 22.9 Å². The zero-order valence-corrected chi connectivity index (χ0v) is 11.3. The fourth-order valence-electron chi connectivity index (χ4n) is 1.47. The highest BCUT2D eigenvalue weighted by Crippen LogP contribution is 2.28. The topological polar surface area (TPSA) is 52.6 Å². The van der Waals surface area contributed by atoms with E-state index in [-0.39, 0.29) is 12.2 Å². The lowest BCUT2D eigenvalue weighted by molar-refractivity contribution is -0.137. The highest BCUT2D eigenvalue weighted by molar-refractivity contribution is 6.42. The molecule has 0 unspecified atom stereocenters. The van der Waals surface area contributed by atoms with Crippen LogP contribution in [0, 0.1) is 6.92 Å². The van der Waals surface area contributed by atoms with Gasteiger partial charge in [0.1, 0.15) is 5.75 Å². The van der Waals surface area contributed by atoms with Crippen molar-refractivity contribution in [2.45, 2.75) is 20.8 Å². The Hall–Kier alpha value is -1.55. The van der Waals surface area contributed by atoms with Gasteiger partial charge in [0.15, 0.2) is 0 Å². The second-order valence-corrected chi connectivity index (χ2v) is 3.99. The van der Waals surface area contributed by atoms with Crippen LogP contribution >= 0.6 is 11.6 Å². The van der Waals surface area contributed by atoms with E-state index in [2.05, 4.69) is 4.74 Å². The van der Waals surface area contributed by atoms with Crippen molar-refractivity contribution in [1.82, 2.24) is 0 Å². The summed E-state index contributed by atoms with van der Waals surface area (Å²) in [5.74, 6) is -1.07.